The van der Waals surface area contributed by atoms with Crippen LogP contribution in [0, 0.1) is 12.7 Å². The first kappa shape index (κ1) is 13.7. The highest BCUT2D eigenvalue weighted by Crippen LogP contribution is 2.29. The zero-order chi connectivity index (χ0) is 14.0. The third-order valence-electron chi connectivity index (χ3n) is 2.33. The number of carbonyl (C=O) groups excluding carboxylic acids is 1. The summed E-state index contributed by atoms with van der Waals surface area (Å²) in [5, 5.41) is 2.84. The minimum Gasteiger partial charge on any atom is -0.336 e. The highest BCUT2D eigenvalue weighted by atomic mass is 35.5. The topological polar surface area (TPSA) is 54.9 Å². The van der Waals surface area contributed by atoms with Crippen molar-refractivity contribution in [3.63, 3.8) is 0 Å². The van der Waals surface area contributed by atoms with E-state index in [4.69, 9.17) is 23.2 Å². The molecule has 0 saturated carbocycles. The third kappa shape index (κ3) is 2.83. The lowest BCUT2D eigenvalue weighted by Crippen LogP contribution is -2.04. The molecule has 98 valence electrons. The van der Waals surface area contributed by atoms with Gasteiger partial charge in [-0.05, 0) is 19.1 Å². The van der Waals surface area contributed by atoms with Gasteiger partial charge >= 0.3 is 0 Å². The summed E-state index contributed by atoms with van der Waals surface area (Å²) in [4.78, 5) is 18.9. The Bertz CT molecular complexity index is 629. The number of anilines is 2. The number of para-hydroxylation sites is 1. The number of hydrogen-bond donors (Lipinski definition) is 1. The van der Waals surface area contributed by atoms with Crippen LogP contribution >= 0.6 is 23.2 Å². The Kier molecular flexibility index (Phi) is 3.97. The maximum absolute atomic E-state index is 13.7. The Balaban J connectivity index is 2.52. The van der Waals surface area contributed by atoms with Crippen molar-refractivity contribution in [1.82, 2.24) is 9.97 Å². The standard InChI is InChI=1S/C12H8Cl2FN3O/c1-6-16-11(14)7(5-19)12(17-6)18-10-8(13)3-2-4-9(10)15/h2-5H,1H3,(H,16,17,18). The summed E-state index contributed by atoms with van der Waals surface area (Å²) in [6, 6.07) is 4.23. The summed E-state index contributed by atoms with van der Waals surface area (Å²) >= 11 is 11.7. The van der Waals surface area contributed by atoms with Crippen LogP contribution in [0.3, 0.4) is 0 Å². The Morgan fingerprint density at radius 2 is 2.05 bits per heavy atom. The van der Waals surface area contributed by atoms with Gasteiger partial charge in [0.15, 0.2) is 6.29 Å². The van der Waals surface area contributed by atoms with Crippen molar-refractivity contribution in [3.8, 4) is 0 Å². The molecule has 0 spiro atoms. The summed E-state index contributed by atoms with van der Waals surface area (Å²) in [5.74, 6) is -0.0956. The first-order valence-electron chi connectivity index (χ1n) is 5.23. The lowest BCUT2D eigenvalue weighted by molar-refractivity contribution is 0.112. The molecule has 7 heteroatoms. The smallest absolute Gasteiger partial charge is 0.156 e. The minimum absolute atomic E-state index is 0.00235. The van der Waals surface area contributed by atoms with Crippen LogP contribution in [0.25, 0.3) is 0 Å². The first-order chi connectivity index (χ1) is 9.02. The van der Waals surface area contributed by atoms with Crippen LogP contribution in [0.2, 0.25) is 10.2 Å². The molecular weight excluding hydrogens is 292 g/mol. The zero-order valence-electron chi connectivity index (χ0n) is 9.75. The van der Waals surface area contributed by atoms with Crippen molar-refractivity contribution in [2.45, 2.75) is 6.92 Å². The van der Waals surface area contributed by atoms with Crippen LogP contribution in [-0.4, -0.2) is 16.3 Å². The Morgan fingerprint density at radius 1 is 1.32 bits per heavy atom. The van der Waals surface area contributed by atoms with E-state index in [0.717, 1.165) is 0 Å². The van der Waals surface area contributed by atoms with Crippen LogP contribution in [0.1, 0.15) is 16.2 Å². The molecule has 2 aromatic rings. The van der Waals surface area contributed by atoms with E-state index in [2.05, 4.69) is 15.3 Å². The van der Waals surface area contributed by atoms with Crippen LogP contribution < -0.4 is 5.32 Å². The second-order valence-corrected chi connectivity index (χ2v) is 4.43. The lowest BCUT2D eigenvalue weighted by Gasteiger charge is -2.11. The molecule has 19 heavy (non-hydrogen) atoms. The fraction of sp³-hybridized carbons (Fsp3) is 0.0833. The van der Waals surface area contributed by atoms with Crippen molar-refractivity contribution >= 4 is 41.0 Å². The molecule has 1 aromatic heterocycles. The van der Waals surface area contributed by atoms with Gasteiger partial charge in [0.2, 0.25) is 0 Å². The third-order valence-corrected chi connectivity index (χ3v) is 2.94. The average Bonchev–Trinajstić information content (AvgIpc) is 2.33. The number of hydrogen-bond acceptors (Lipinski definition) is 4. The molecule has 0 amide bonds. The summed E-state index contributed by atoms with van der Waals surface area (Å²) in [6.07, 6.45) is 0.499. The van der Waals surface area contributed by atoms with Gasteiger partial charge in [-0.2, -0.15) is 0 Å². The highest BCUT2D eigenvalue weighted by Gasteiger charge is 2.14. The van der Waals surface area contributed by atoms with Gasteiger partial charge in [-0.1, -0.05) is 29.3 Å². The van der Waals surface area contributed by atoms with Crippen molar-refractivity contribution in [2.75, 3.05) is 5.32 Å². The second kappa shape index (κ2) is 5.50. The molecule has 0 fully saturated rings. The molecule has 1 heterocycles. The van der Waals surface area contributed by atoms with Crippen LogP contribution in [0.15, 0.2) is 18.2 Å². The van der Waals surface area contributed by atoms with Crippen LogP contribution in [0.5, 0.6) is 0 Å². The van der Waals surface area contributed by atoms with Crippen molar-refractivity contribution in [1.29, 1.82) is 0 Å². The Hall–Kier alpha value is -1.72. The van der Waals surface area contributed by atoms with E-state index < -0.39 is 5.82 Å². The van der Waals surface area contributed by atoms with Gasteiger partial charge in [0.05, 0.1) is 16.3 Å². The predicted molar refractivity (Wildman–Crippen MR) is 71.9 cm³/mol. The molecule has 0 aliphatic heterocycles. The van der Waals surface area contributed by atoms with Crippen LogP contribution in [0.4, 0.5) is 15.9 Å². The maximum Gasteiger partial charge on any atom is 0.156 e. The summed E-state index contributed by atoms with van der Waals surface area (Å²) < 4.78 is 13.7. The van der Waals surface area contributed by atoms with Gasteiger partial charge in [-0.25, -0.2) is 14.4 Å². The molecule has 1 aromatic carbocycles. The normalized spacial score (nSPS) is 10.3. The number of benzene rings is 1. The van der Waals surface area contributed by atoms with Crippen LogP contribution in [-0.2, 0) is 0 Å². The van der Waals surface area contributed by atoms with Gasteiger partial charge in [0.1, 0.15) is 22.6 Å². The first-order valence-corrected chi connectivity index (χ1v) is 5.99. The molecule has 0 aliphatic carbocycles. The molecule has 0 atom stereocenters. The molecule has 0 bridgehead atoms. The van der Waals surface area contributed by atoms with Crippen molar-refractivity contribution in [3.05, 3.63) is 45.6 Å². The van der Waals surface area contributed by atoms with E-state index in [0.29, 0.717) is 12.1 Å². The number of aromatic nitrogens is 2. The van der Waals surface area contributed by atoms with E-state index in [1.807, 2.05) is 0 Å². The number of carbonyl (C=O) groups is 1. The largest absolute Gasteiger partial charge is 0.336 e. The quantitative estimate of drug-likeness (QED) is 0.692. The molecule has 2 rings (SSSR count). The van der Waals surface area contributed by atoms with E-state index >= 15 is 0 Å². The number of aryl methyl sites for hydroxylation is 1. The van der Waals surface area contributed by atoms with Gasteiger partial charge in [0, 0.05) is 0 Å². The second-order valence-electron chi connectivity index (χ2n) is 3.66. The number of halogens is 3. The number of nitrogens with one attached hydrogen (secondary N) is 1. The number of aldehydes is 1. The lowest BCUT2D eigenvalue weighted by atomic mass is 10.2. The molecule has 0 saturated heterocycles. The fourth-order valence-electron chi connectivity index (χ4n) is 1.48. The molecule has 4 nitrogen and oxygen atoms in total. The molecule has 0 unspecified atom stereocenters. The Labute approximate surface area is 118 Å². The van der Waals surface area contributed by atoms with Crippen molar-refractivity contribution < 1.29 is 9.18 Å². The number of rotatable bonds is 3. The highest BCUT2D eigenvalue weighted by molar-refractivity contribution is 6.33. The van der Waals surface area contributed by atoms with E-state index in [-0.39, 0.29) is 27.2 Å². The van der Waals surface area contributed by atoms with E-state index in [9.17, 15) is 9.18 Å². The summed E-state index contributed by atoms with van der Waals surface area (Å²) in [6.45, 7) is 1.61. The van der Waals surface area contributed by atoms with E-state index in [1.54, 1.807) is 6.92 Å². The molecule has 0 aliphatic rings. The number of nitrogens with zero attached hydrogens (tertiary/aromatic N) is 2. The maximum atomic E-state index is 13.7. The zero-order valence-corrected chi connectivity index (χ0v) is 11.3. The Morgan fingerprint density at radius 3 is 2.68 bits per heavy atom. The van der Waals surface area contributed by atoms with E-state index in [1.165, 1.54) is 18.2 Å². The predicted octanol–water partition coefficient (Wildman–Crippen LogP) is 3.79. The molecule has 1 N–H and O–H groups in total. The van der Waals surface area contributed by atoms with Crippen molar-refractivity contribution in [2.24, 2.45) is 0 Å². The van der Waals surface area contributed by atoms with Gasteiger partial charge < -0.3 is 5.32 Å². The van der Waals surface area contributed by atoms with Gasteiger partial charge in [-0.15, -0.1) is 0 Å². The SMILES string of the molecule is Cc1nc(Cl)c(C=O)c(Nc2c(F)cccc2Cl)n1. The minimum atomic E-state index is -0.559. The average molecular weight is 300 g/mol. The summed E-state index contributed by atoms with van der Waals surface area (Å²) in [7, 11) is 0. The fourth-order valence-corrected chi connectivity index (χ4v) is 1.95. The van der Waals surface area contributed by atoms with Gasteiger partial charge in [0.25, 0.3) is 0 Å². The molecular formula is C12H8Cl2FN3O. The monoisotopic (exact) mass is 299 g/mol. The summed E-state index contributed by atoms with van der Waals surface area (Å²) in [5.41, 5.74) is 0.0769. The van der Waals surface area contributed by atoms with Gasteiger partial charge in [-0.3, -0.25) is 4.79 Å². The molecule has 0 radical (unpaired) electrons.